The first-order chi connectivity index (χ1) is 34.1. The van der Waals surface area contributed by atoms with Gasteiger partial charge in [0.1, 0.15) is 5.60 Å². The van der Waals surface area contributed by atoms with Gasteiger partial charge in [-0.15, -0.1) is 0 Å². The molecule has 20 heteroatoms. The van der Waals surface area contributed by atoms with Gasteiger partial charge in [0, 0.05) is 70.5 Å². The third kappa shape index (κ3) is 15.2. The van der Waals surface area contributed by atoms with E-state index >= 15 is 0 Å². The van der Waals surface area contributed by atoms with Crippen molar-refractivity contribution < 1.29 is 55.4 Å². The van der Waals surface area contributed by atoms with Crippen LogP contribution in [0.4, 0.5) is 26.3 Å². The van der Waals surface area contributed by atoms with Crippen LogP contribution in [-0.2, 0) is 74.8 Å². The van der Waals surface area contributed by atoms with Gasteiger partial charge in [-0.3, -0.25) is 29.1 Å². The number of carboxylic acids is 1. The van der Waals surface area contributed by atoms with Crippen molar-refractivity contribution in [2.75, 3.05) is 0 Å². The molecule has 4 aliphatic rings. The van der Waals surface area contributed by atoms with Crippen LogP contribution in [-0.4, -0.2) is 64.4 Å². The SMILES string of the molecule is CC(C)(C)OC(=O)CC(NC(=O)C1CC(CCc2ccc3c(n2)CCCC3)C1)c1cnc(C(F)(F)F)nc1.O=C(O)CC(NC(=O)C1CC(CCc2ccc3c(n2)CCCC3)C1)c1cnc(C(F)(F)F)nc1. The second-order valence-corrected chi connectivity index (χ2v) is 20.6. The first kappa shape index (κ1) is 53.7. The van der Waals surface area contributed by atoms with E-state index in [1.54, 1.807) is 20.8 Å². The summed E-state index contributed by atoms with van der Waals surface area (Å²) in [6, 6.07) is 6.70. The maximum Gasteiger partial charge on any atom is 0.451 e. The number of aromatic nitrogens is 6. The number of amides is 2. The van der Waals surface area contributed by atoms with Crippen molar-refractivity contribution in [1.82, 2.24) is 40.5 Å². The average Bonchev–Trinajstić information content (AvgIpc) is 3.29. The zero-order chi connectivity index (χ0) is 51.8. The molecule has 388 valence electrons. The minimum atomic E-state index is -4.69. The molecule has 2 fully saturated rings. The third-order valence-electron chi connectivity index (χ3n) is 13.8. The average molecular weight is 1010 g/mol. The maximum atomic E-state index is 13.0. The van der Waals surface area contributed by atoms with Gasteiger partial charge in [0.2, 0.25) is 23.5 Å². The Morgan fingerprint density at radius 3 is 1.38 bits per heavy atom. The van der Waals surface area contributed by atoms with Crippen molar-refractivity contribution in [2.45, 2.75) is 166 Å². The first-order valence-corrected chi connectivity index (χ1v) is 24.8. The standard InChI is InChI=1S/C28H35F3N4O3.C24H27F3N4O3/c1-27(2,3)38-24(36)14-23(20-15-32-26(33-16-20)28(29,30)31)35-25(37)19-12-17(13-19)8-10-21-11-9-18-6-4-5-7-22(18)34-21;25-24(26,27)23-28-12-17(13-29-23)20(11-21(32)33)31-22(34)16-9-14(10-16)5-7-18-8-6-15-3-1-2-4-19(15)30-18/h9,11,15-17,19,23H,4-8,10,12-14H2,1-3H3,(H,35,37);6,8,12-14,16,20H,1-5,7,9-11H2,(H,31,34)(H,32,33). The van der Waals surface area contributed by atoms with Gasteiger partial charge < -0.3 is 20.5 Å². The van der Waals surface area contributed by atoms with Crippen LogP contribution in [0, 0.1) is 23.7 Å². The Hall–Kier alpha value is -6.08. The highest BCUT2D eigenvalue weighted by atomic mass is 19.4. The van der Waals surface area contributed by atoms with Crippen LogP contribution in [0.3, 0.4) is 0 Å². The second kappa shape index (κ2) is 23.2. The molecule has 2 atom stereocenters. The number of hydrogen-bond acceptors (Lipinski definition) is 11. The summed E-state index contributed by atoms with van der Waals surface area (Å²) in [4.78, 5) is 72.3. The number of esters is 1. The minimum Gasteiger partial charge on any atom is -0.481 e. The molecule has 2 saturated carbocycles. The minimum absolute atomic E-state index is 0.123. The van der Waals surface area contributed by atoms with Crippen LogP contribution in [0.1, 0.15) is 167 Å². The number of pyridine rings is 2. The fourth-order valence-corrected chi connectivity index (χ4v) is 9.74. The van der Waals surface area contributed by atoms with E-state index in [9.17, 15) is 45.5 Å². The highest BCUT2D eigenvalue weighted by Crippen LogP contribution is 2.39. The van der Waals surface area contributed by atoms with E-state index in [-0.39, 0.29) is 41.2 Å². The van der Waals surface area contributed by atoms with Gasteiger partial charge in [-0.1, -0.05) is 12.1 Å². The predicted molar refractivity (Wildman–Crippen MR) is 249 cm³/mol. The number of hydrogen-bond donors (Lipinski definition) is 3. The summed E-state index contributed by atoms with van der Waals surface area (Å²) in [5.74, 6) is -4.55. The van der Waals surface area contributed by atoms with Gasteiger partial charge in [0.25, 0.3) is 0 Å². The van der Waals surface area contributed by atoms with Gasteiger partial charge in [-0.2, -0.15) is 26.3 Å². The summed E-state index contributed by atoms with van der Waals surface area (Å²) in [6.45, 7) is 5.15. The van der Waals surface area contributed by atoms with Crippen molar-refractivity contribution in [2.24, 2.45) is 23.7 Å². The number of alkyl halides is 6. The van der Waals surface area contributed by atoms with Crippen molar-refractivity contribution in [1.29, 1.82) is 0 Å². The fraction of sp³-hybridized carbons (Fsp3) is 0.577. The lowest BCUT2D eigenvalue weighted by Gasteiger charge is -2.35. The molecule has 0 aliphatic heterocycles. The van der Waals surface area contributed by atoms with Crippen LogP contribution in [0.25, 0.3) is 0 Å². The number of carbonyl (C=O) groups excluding carboxylic acids is 3. The number of aliphatic carboxylic acids is 1. The summed E-state index contributed by atoms with van der Waals surface area (Å²) >= 11 is 0. The van der Waals surface area contributed by atoms with Crippen LogP contribution >= 0.6 is 0 Å². The summed E-state index contributed by atoms with van der Waals surface area (Å²) in [5, 5.41) is 14.7. The number of fused-ring (bicyclic) bond motifs is 2. The van der Waals surface area contributed by atoms with Crippen LogP contribution < -0.4 is 10.6 Å². The maximum absolute atomic E-state index is 13.0. The van der Waals surface area contributed by atoms with Gasteiger partial charge in [0.05, 0.1) is 24.9 Å². The van der Waals surface area contributed by atoms with Gasteiger partial charge in [0.15, 0.2) is 0 Å². The lowest BCUT2D eigenvalue weighted by atomic mass is 9.72. The topological polar surface area (TPSA) is 199 Å². The molecule has 0 saturated heterocycles. The van der Waals surface area contributed by atoms with E-state index < -0.39 is 60.0 Å². The Morgan fingerprint density at radius 1 is 0.611 bits per heavy atom. The van der Waals surface area contributed by atoms with Crippen LogP contribution in [0.15, 0.2) is 49.1 Å². The molecule has 4 aliphatic carbocycles. The molecule has 72 heavy (non-hydrogen) atoms. The molecule has 0 spiro atoms. The molecule has 0 radical (unpaired) electrons. The molecular formula is C52H62F6N8O6. The molecule has 2 unspecified atom stereocenters. The number of carboxylic acid groups (broad SMARTS) is 1. The second-order valence-electron chi connectivity index (χ2n) is 20.6. The molecule has 4 aromatic heterocycles. The van der Waals surface area contributed by atoms with Crippen molar-refractivity contribution in [3.63, 3.8) is 0 Å². The van der Waals surface area contributed by atoms with Crippen molar-refractivity contribution in [3.05, 3.63) is 106 Å². The van der Waals surface area contributed by atoms with Gasteiger partial charge in [-0.05, 0) is 159 Å². The Kier molecular flexibility index (Phi) is 17.3. The highest BCUT2D eigenvalue weighted by Gasteiger charge is 2.39. The first-order valence-electron chi connectivity index (χ1n) is 24.8. The number of carbonyl (C=O) groups is 4. The summed E-state index contributed by atoms with van der Waals surface area (Å²) in [7, 11) is 0. The van der Waals surface area contributed by atoms with E-state index in [4.69, 9.17) is 19.8 Å². The summed E-state index contributed by atoms with van der Waals surface area (Å²) in [6.07, 6.45) is 9.30. The number of nitrogens with zero attached hydrogens (tertiary/aromatic N) is 6. The highest BCUT2D eigenvalue weighted by molar-refractivity contribution is 5.81. The third-order valence-corrected chi connectivity index (χ3v) is 13.8. The summed E-state index contributed by atoms with van der Waals surface area (Å²) < 4.78 is 82.1. The van der Waals surface area contributed by atoms with E-state index in [0.29, 0.717) is 24.7 Å². The molecule has 3 N–H and O–H groups in total. The molecule has 2 amide bonds. The van der Waals surface area contributed by atoms with E-state index in [1.807, 2.05) is 0 Å². The molecule has 4 heterocycles. The van der Waals surface area contributed by atoms with Crippen LogP contribution in [0.2, 0.25) is 0 Å². The number of aryl methyl sites for hydroxylation is 6. The lowest BCUT2D eigenvalue weighted by molar-refractivity contribution is -0.156. The molecule has 0 bridgehead atoms. The largest absolute Gasteiger partial charge is 0.481 e. The monoisotopic (exact) mass is 1010 g/mol. The van der Waals surface area contributed by atoms with Gasteiger partial charge >= 0.3 is 24.3 Å². The summed E-state index contributed by atoms with van der Waals surface area (Å²) in [5.41, 5.74) is 6.93. The number of rotatable bonds is 16. The Labute approximate surface area is 414 Å². The molecule has 4 aromatic rings. The molecule has 14 nitrogen and oxygen atoms in total. The Balaban J connectivity index is 0.000000213. The zero-order valence-electron chi connectivity index (χ0n) is 40.8. The number of halogens is 6. The molecule has 8 rings (SSSR count). The predicted octanol–water partition coefficient (Wildman–Crippen LogP) is 9.38. The number of ether oxygens (including phenoxy) is 1. The van der Waals surface area contributed by atoms with E-state index in [2.05, 4.69) is 54.8 Å². The Bertz CT molecular complexity index is 2520. The van der Waals surface area contributed by atoms with Crippen molar-refractivity contribution >= 4 is 23.8 Å². The van der Waals surface area contributed by atoms with Crippen LogP contribution in [0.5, 0.6) is 0 Å². The number of nitrogens with one attached hydrogen (secondary N) is 2. The molecular weight excluding hydrogens is 947 g/mol. The van der Waals surface area contributed by atoms with Gasteiger partial charge in [-0.25, -0.2) is 19.9 Å². The normalized spacial score (nSPS) is 20.4. The Morgan fingerprint density at radius 2 is 1.00 bits per heavy atom. The van der Waals surface area contributed by atoms with E-state index in [1.165, 1.54) is 48.2 Å². The molecule has 0 aromatic carbocycles. The smallest absolute Gasteiger partial charge is 0.451 e. The fourth-order valence-electron chi connectivity index (χ4n) is 9.74. The quantitative estimate of drug-likeness (QED) is 0.0711. The van der Waals surface area contributed by atoms with Crippen molar-refractivity contribution in [3.8, 4) is 0 Å². The lowest BCUT2D eigenvalue weighted by Crippen LogP contribution is -2.41. The van der Waals surface area contributed by atoms with E-state index in [0.717, 1.165) is 100 Å². The zero-order valence-corrected chi connectivity index (χ0v) is 40.8.